The summed E-state index contributed by atoms with van der Waals surface area (Å²) in [5.74, 6) is 0.216. The summed E-state index contributed by atoms with van der Waals surface area (Å²) in [5.41, 5.74) is 1.38. The maximum atomic E-state index is 12.1. The number of carbonyl (C=O) groups is 1. The van der Waals surface area contributed by atoms with E-state index in [4.69, 9.17) is 4.74 Å². The molecule has 22 heavy (non-hydrogen) atoms. The molecule has 6 nitrogen and oxygen atoms in total. The standard InChI is InChI=1S/C16H16N2O4/c1-11-6-8-15(9-7-11)22-12(2)16(19)17-13-4-3-5-14(10-13)18(20)21/h3-10,12H,1-2H3,(H,17,19). The molecule has 2 aromatic rings. The first-order valence-corrected chi connectivity index (χ1v) is 6.74. The highest BCUT2D eigenvalue weighted by atomic mass is 16.6. The van der Waals surface area contributed by atoms with Gasteiger partial charge in [0, 0.05) is 17.8 Å². The molecule has 0 bridgehead atoms. The van der Waals surface area contributed by atoms with E-state index in [1.165, 1.54) is 18.2 Å². The van der Waals surface area contributed by atoms with Gasteiger partial charge in [0.2, 0.25) is 0 Å². The Morgan fingerprint density at radius 2 is 1.91 bits per heavy atom. The fourth-order valence-corrected chi connectivity index (χ4v) is 1.82. The summed E-state index contributed by atoms with van der Waals surface area (Å²) in [6.07, 6.45) is -0.720. The Morgan fingerprint density at radius 3 is 2.55 bits per heavy atom. The van der Waals surface area contributed by atoms with Crippen molar-refractivity contribution >= 4 is 17.3 Å². The zero-order valence-corrected chi connectivity index (χ0v) is 12.3. The molecule has 0 heterocycles. The van der Waals surface area contributed by atoms with Gasteiger partial charge in [-0.2, -0.15) is 0 Å². The summed E-state index contributed by atoms with van der Waals surface area (Å²) < 4.78 is 5.54. The second-order valence-corrected chi connectivity index (χ2v) is 4.87. The van der Waals surface area contributed by atoms with Crippen LogP contribution in [0.3, 0.4) is 0 Å². The first kappa shape index (κ1) is 15.5. The number of non-ortho nitro benzene ring substituents is 1. The van der Waals surface area contributed by atoms with Crippen molar-refractivity contribution in [3.8, 4) is 5.75 Å². The highest BCUT2D eigenvalue weighted by molar-refractivity contribution is 5.94. The molecule has 114 valence electrons. The van der Waals surface area contributed by atoms with Crippen LogP contribution in [0.1, 0.15) is 12.5 Å². The van der Waals surface area contributed by atoms with Crippen molar-refractivity contribution in [3.63, 3.8) is 0 Å². The van der Waals surface area contributed by atoms with Crippen LogP contribution in [-0.4, -0.2) is 16.9 Å². The molecule has 2 aromatic carbocycles. The molecule has 1 amide bonds. The number of rotatable bonds is 5. The molecular formula is C16H16N2O4. The van der Waals surface area contributed by atoms with E-state index >= 15 is 0 Å². The van der Waals surface area contributed by atoms with Crippen LogP contribution in [0, 0.1) is 17.0 Å². The number of nitrogens with one attached hydrogen (secondary N) is 1. The fraction of sp³-hybridized carbons (Fsp3) is 0.188. The van der Waals surface area contributed by atoms with Gasteiger partial charge in [-0.1, -0.05) is 23.8 Å². The first-order valence-electron chi connectivity index (χ1n) is 6.74. The van der Waals surface area contributed by atoms with Crippen molar-refractivity contribution in [2.75, 3.05) is 5.32 Å². The molecule has 0 fully saturated rings. The van der Waals surface area contributed by atoms with E-state index in [9.17, 15) is 14.9 Å². The summed E-state index contributed by atoms with van der Waals surface area (Å²) in [6, 6.07) is 13.1. The van der Waals surface area contributed by atoms with E-state index in [-0.39, 0.29) is 11.6 Å². The van der Waals surface area contributed by atoms with Crippen LogP contribution in [0.4, 0.5) is 11.4 Å². The first-order chi connectivity index (χ1) is 10.5. The van der Waals surface area contributed by atoms with Gasteiger partial charge < -0.3 is 10.1 Å². The predicted molar refractivity (Wildman–Crippen MR) is 83.0 cm³/mol. The molecule has 0 aliphatic rings. The minimum atomic E-state index is -0.720. The number of hydrogen-bond acceptors (Lipinski definition) is 4. The molecule has 0 saturated carbocycles. The molecule has 1 N–H and O–H groups in total. The summed E-state index contributed by atoms with van der Waals surface area (Å²) in [6.45, 7) is 3.58. The minimum absolute atomic E-state index is 0.0788. The van der Waals surface area contributed by atoms with Crippen molar-refractivity contribution in [2.24, 2.45) is 0 Å². The van der Waals surface area contributed by atoms with E-state index in [2.05, 4.69) is 5.32 Å². The molecule has 0 aromatic heterocycles. The van der Waals surface area contributed by atoms with E-state index in [1.54, 1.807) is 25.1 Å². The summed E-state index contributed by atoms with van der Waals surface area (Å²) in [7, 11) is 0. The van der Waals surface area contributed by atoms with Crippen LogP contribution >= 0.6 is 0 Å². The lowest BCUT2D eigenvalue weighted by molar-refractivity contribution is -0.384. The van der Waals surface area contributed by atoms with E-state index in [0.29, 0.717) is 11.4 Å². The molecule has 2 rings (SSSR count). The summed E-state index contributed by atoms with van der Waals surface area (Å²) >= 11 is 0. The van der Waals surface area contributed by atoms with Gasteiger partial charge in [-0.3, -0.25) is 14.9 Å². The Kier molecular flexibility index (Phi) is 4.73. The average Bonchev–Trinajstić information content (AvgIpc) is 2.49. The van der Waals surface area contributed by atoms with Crippen LogP contribution in [0.25, 0.3) is 0 Å². The SMILES string of the molecule is Cc1ccc(OC(C)C(=O)Nc2cccc([N+](=O)[O-])c2)cc1. The maximum absolute atomic E-state index is 12.1. The molecular weight excluding hydrogens is 284 g/mol. The van der Waals surface area contributed by atoms with Crippen LogP contribution in [0.5, 0.6) is 5.75 Å². The molecule has 6 heteroatoms. The number of nitrogens with zero attached hydrogens (tertiary/aromatic N) is 1. The normalized spacial score (nSPS) is 11.5. The molecule has 0 spiro atoms. The van der Waals surface area contributed by atoms with Crippen molar-refractivity contribution < 1.29 is 14.5 Å². The lowest BCUT2D eigenvalue weighted by Crippen LogP contribution is -2.30. The number of nitro benzene ring substituents is 1. The number of hydrogen-bond donors (Lipinski definition) is 1. The molecule has 1 unspecified atom stereocenters. The Hall–Kier alpha value is -2.89. The number of amides is 1. The molecule has 0 aliphatic carbocycles. The van der Waals surface area contributed by atoms with E-state index < -0.39 is 11.0 Å². The third kappa shape index (κ3) is 4.05. The minimum Gasteiger partial charge on any atom is -0.481 e. The zero-order valence-electron chi connectivity index (χ0n) is 12.3. The van der Waals surface area contributed by atoms with Gasteiger partial charge in [0.1, 0.15) is 5.75 Å². The van der Waals surface area contributed by atoms with Gasteiger partial charge in [0.25, 0.3) is 11.6 Å². The van der Waals surface area contributed by atoms with Gasteiger partial charge in [-0.25, -0.2) is 0 Å². The number of nitro groups is 1. The summed E-state index contributed by atoms with van der Waals surface area (Å²) in [5, 5.41) is 13.3. The average molecular weight is 300 g/mol. The smallest absolute Gasteiger partial charge is 0.271 e. The van der Waals surface area contributed by atoms with Gasteiger partial charge in [-0.05, 0) is 32.0 Å². The molecule has 0 saturated heterocycles. The lowest BCUT2D eigenvalue weighted by atomic mass is 10.2. The van der Waals surface area contributed by atoms with Gasteiger partial charge in [-0.15, -0.1) is 0 Å². The van der Waals surface area contributed by atoms with Crippen molar-refractivity contribution in [1.29, 1.82) is 0 Å². The monoisotopic (exact) mass is 300 g/mol. The van der Waals surface area contributed by atoms with Crippen molar-refractivity contribution in [3.05, 3.63) is 64.2 Å². The number of aryl methyl sites for hydroxylation is 1. The number of anilines is 1. The number of ether oxygens (including phenoxy) is 1. The highest BCUT2D eigenvalue weighted by Crippen LogP contribution is 2.18. The Labute approximate surface area is 127 Å². The van der Waals surface area contributed by atoms with E-state index in [1.807, 2.05) is 19.1 Å². The van der Waals surface area contributed by atoms with Crippen LogP contribution in [0.2, 0.25) is 0 Å². The maximum Gasteiger partial charge on any atom is 0.271 e. The van der Waals surface area contributed by atoms with E-state index in [0.717, 1.165) is 5.56 Å². The van der Waals surface area contributed by atoms with Crippen LogP contribution < -0.4 is 10.1 Å². The Morgan fingerprint density at radius 1 is 1.23 bits per heavy atom. The zero-order chi connectivity index (χ0) is 16.1. The molecule has 1 atom stereocenters. The summed E-state index contributed by atoms with van der Waals surface area (Å²) in [4.78, 5) is 22.3. The van der Waals surface area contributed by atoms with Crippen molar-refractivity contribution in [1.82, 2.24) is 0 Å². The second-order valence-electron chi connectivity index (χ2n) is 4.87. The largest absolute Gasteiger partial charge is 0.481 e. The van der Waals surface area contributed by atoms with Gasteiger partial charge in [0.05, 0.1) is 4.92 Å². The Bertz CT molecular complexity index is 683. The third-order valence-corrected chi connectivity index (χ3v) is 3.03. The predicted octanol–water partition coefficient (Wildman–Crippen LogP) is 3.31. The molecule has 0 radical (unpaired) electrons. The fourth-order valence-electron chi connectivity index (χ4n) is 1.82. The quantitative estimate of drug-likeness (QED) is 0.678. The third-order valence-electron chi connectivity index (χ3n) is 3.03. The van der Waals surface area contributed by atoms with Crippen LogP contribution in [0.15, 0.2) is 48.5 Å². The highest BCUT2D eigenvalue weighted by Gasteiger charge is 2.16. The number of benzene rings is 2. The van der Waals surface area contributed by atoms with Crippen molar-refractivity contribution in [2.45, 2.75) is 20.0 Å². The topological polar surface area (TPSA) is 81.5 Å². The van der Waals surface area contributed by atoms with Crippen LogP contribution in [-0.2, 0) is 4.79 Å². The lowest BCUT2D eigenvalue weighted by Gasteiger charge is -2.14. The second kappa shape index (κ2) is 6.71. The number of carbonyl (C=O) groups excluding carboxylic acids is 1. The van der Waals surface area contributed by atoms with Gasteiger partial charge in [0.15, 0.2) is 6.10 Å². The Balaban J connectivity index is 2.00. The molecule has 0 aliphatic heterocycles. The van der Waals surface area contributed by atoms with Gasteiger partial charge >= 0.3 is 0 Å².